The number of aliphatic imine (C=N–C) groups is 1. The summed E-state index contributed by atoms with van der Waals surface area (Å²) in [5.74, 6) is 0.231. The van der Waals surface area contributed by atoms with Gasteiger partial charge in [0, 0.05) is 18.8 Å². The Hall–Kier alpha value is -4.21. The van der Waals surface area contributed by atoms with E-state index in [9.17, 15) is 14.7 Å². The Kier molecular flexibility index (Phi) is 15.9. The van der Waals surface area contributed by atoms with Crippen LogP contribution in [0.15, 0.2) is 53.2 Å². The number of aliphatic carboxylic acids is 1. The number of carboxylic acids is 1. The largest absolute Gasteiger partial charge is 0.496 e. The maximum absolute atomic E-state index is 13.9. The Labute approximate surface area is 330 Å². The van der Waals surface area contributed by atoms with Crippen molar-refractivity contribution in [1.29, 1.82) is 0 Å². The maximum Gasteiger partial charge on any atom is 0.330 e. The van der Waals surface area contributed by atoms with Crippen molar-refractivity contribution in [2.45, 2.75) is 57.4 Å². The maximum atomic E-state index is 13.9. The van der Waals surface area contributed by atoms with Crippen molar-refractivity contribution in [3.8, 4) is 11.5 Å². The molecule has 4 aliphatic rings. The number of allylic oxidation sites excluding steroid dienone is 1. The molecule has 0 spiro atoms. The van der Waals surface area contributed by atoms with Crippen LogP contribution >= 0.6 is 0 Å². The van der Waals surface area contributed by atoms with Crippen molar-refractivity contribution in [3.05, 3.63) is 59.3 Å². The van der Waals surface area contributed by atoms with Crippen LogP contribution in [-0.2, 0) is 28.5 Å². The van der Waals surface area contributed by atoms with E-state index in [4.69, 9.17) is 44.9 Å². The number of rotatable bonds is 24. The second-order valence-electron chi connectivity index (χ2n) is 15.2. The summed E-state index contributed by atoms with van der Waals surface area (Å²) in [6.07, 6.45) is 5.88. The monoisotopic (exact) mass is 779 g/mol. The molecule has 308 valence electrons. The second-order valence-corrected chi connectivity index (χ2v) is 15.2. The molecule has 0 aliphatic heterocycles. The molecule has 0 heterocycles. The highest BCUT2D eigenvalue weighted by molar-refractivity contribution is 6.16. The van der Waals surface area contributed by atoms with E-state index in [0.29, 0.717) is 106 Å². The highest BCUT2D eigenvalue weighted by atomic mass is 16.6. The Bertz CT molecular complexity index is 1630. The first kappa shape index (κ1) is 42.9. The van der Waals surface area contributed by atoms with Gasteiger partial charge in [-0.15, -0.1) is 0 Å². The van der Waals surface area contributed by atoms with Crippen LogP contribution in [-0.4, -0.2) is 108 Å². The van der Waals surface area contributed by atoms with Gasteiger partial charge < -0.3 is 55.6 Å². The fourth-order valence-corrected chi connectivity index (χ4v) is 8.74. The lowest BCUT2D eigenvalue weighted by molar-refractivity contribution is -0.167. The van der Waals surface area contributed by atoms with Gasteiger partial charge in [-0.3, -0.25) is 4.79 Å². The third kappa shape index (κ3) is 10.6. The minimum absolute atomic E-state index is 0.0872. The smallest absolute Gasteiger partial charge is 0.330 e. The molecule has 0 aromatic heterocycles. The zero-order valence-corrected chi connectivity index (χ0v) is 33.3. The standard InChI is InChI=1S/C42H61N5O9/c1-27(2)33-25-32(45-11-13-54-15-17-56-19-18-55-16-14-53-12-10-43)8-9-35(33)46-36(39-37(51-3)6-5-7-38(39)52-4)26-34(44)40(48)47-42(41(49)50)30-21-28-20-29(23-30)24-31(42)22-28/h5-9,25-31,45H,10-24,43-44H2,1-4H3,(H,47,48)(H,49,50)/b34-26-,46-36?. The van der Waals surface area contributed by atoms with Crippen LogP contribution < -0.4 is 31.6 Å². The van der Waals surface area contributed by atoms with Crippen molar-refractivity contribution >= 4 is 29.0 Å². The molecule has 0 radical (unpaired) electrons. The fraction of sp³-hybridized carbons (Fsp3) is 0.595. The molecule has 14 heteroatoms. The van der Waals surface area contributed by atoms with Gasteiger partial charge in [0.25, 0.3) is 5.91 Å². The van der Waals surface area contributed by atoms with Gasteiger partial charge in [-0.1, -0.05) is 19.9 Å². The molecule has 0 atom stereocenters. The normalized spacial score (nSPS) is 23.0. The van der Waals surface area contributed by atoms with E-state index >= 15 is 0 Å². The number of amides is 1. The minimum Gasteiger partial charge on any atom is -0.496 e. The average Bonchev–Trinajstić information content (AvgIpc) is 3.18. The predicted octanol–water partition coefficient (Wildman–Crippen LogP) is 4.62. The first-order valence-corrected chi connectivity index (χ1v) is 19.8. The van der Waals surface area contributed by atoms with E-state index in [1.54, 1.807) is 32.4 Å². The molecule has 1 amide bonds. The van der Waals surface area contributed by atoms with Crippen molar-refractivity contribution in [3.63, 3.8) is 0 Å². The minimum atomic E-state index is -1.34. The molecule has 2 aromatic carbocycles. The van der Waals surface area contributed by atoms with Gasteiger partial charge >= 0.3 is 5.97 Å². The Morgan fingerprint density at radius 1 is 0.857 bits per heavy atom. The zero-order chi connectivity index (χ0) is 40.1. The summed E-state index contributed by atoms with van der Waals surface area (Å²) in [7, 11) is 3.10. The number of carbonyl (C=O) groups excluding carboxylic acids is 1. The molecule has 14 nitrogen and oxygen atoms in total. The van der Waals surface area contributed by atoms with Gasteiger partial charge in [-0.05, 0) is 104 Å². The molecule has 0 saturated heterocycles. The summed E-state index contributed by atoms with van der Waals surface area (Å²) in [6.45, 7) is 9.23. The Morgan fingerprint density at radius 3 is 1.93 bits per heavy atom. The molecule has 4 saturated carbocycles. The van der Waals surface area contributed by atoms with Gasteiger partial charge in [-0.2, -0.15) is 0 Å². The molecule has 6 rings (SSSR count). The number of benzene rings is 2. The van der Waals surface area contributed by atoms with Gasteiger partial charge in [0.05, 0.1) is 89.7 Å². The average molecular weight is 780 g/mol. The third-order valence-electron chi connectivity index (χ3n) is 11.2. The van der Waals surface area contributed by atoms with E-state index < -0.39 is 17.4 Å². The van der Waals surface area contributed by atoms with Gasteiger partial charge in [0.2, 0.25) is 0 Å². The van der Waals surface area contributed by atoms with Crippen LogP contribution in [0.1, 0.15) is 63.0 Å². The summed E-state index contributed by atoms with van der Waals surface area (Å²) >= 11 is 0. The summed E-state index contributed by atoms with van der Waals surface area (Å²) in [5.41, 5.74) is 13.8. The lowest BCUT2D eigenvalue weighted by Gasteiger charge is -2.59. The zero-order valence-electron chi connectivity index (χ0n) is 33.3. The van der Waals surface area contributed by atoms with Gasteiger partial charge in [0.15, 0.2) is 0 Å². The second kappa shape index (κ2) is 20.8. The molecule has 4 fully saturated rings. The Morgan fingerprint density at radius 2 is 1.41 bits per heavy atom. The summed E-state index contributed by atoms with van der Waals surface area (Å²) in [4.78, 5) is 32.0. The van der Waals surface area contributed by atoms with Crippen LogP contribution in [0.2, 0.25) is 0 Å². The highest BCUT2D eigenvalue weighted by Gasteiger charge is 2.62. The number of carbonyl (C=O) groups is 2. The van der Waals surface area contributed by atoms with Gasteiger partial charge in [0.1, 0.15) is 17.0 Å². The lowest BCUT2D eigenvalue weighted by atomic mass is 9.48. The number of nitrogens with two attached hydrogens (primary N) is 2. The SMILES string of the molecule is COc1cccc(OC)c1C(/C=C(\N)C(=O)NC1(C(=O)O)C2CC3CC(C2)CC1C3)=Nc1ccc(NCCOCCOCCOCCOCCN)cc1C(C)C. The molecular formula is C42H61N5O9. The van der Waals surface area contributed by atoms with Crippen molar-refractivity contribution in [2.75, 3.05) is 85.5 Å². The summed E-state index contributed by atoms with van der Waals surface area (Å²) in [5, 5.41) is 17.0. The molecule has 7 N–H and O–H groups in total. The number of hydrogen-bond donors (Lipinski definition) is 5. The molecule has 56 heavy (non-hydrogen) atoms. The van der Waals surface area contributed by atoms with E-state index in [1.165, 1.54) is 6.08 Å². The lowest BCUT2D eigenvalue weighted by Crippen LogP contribution is -2.70. The molecule has 2 aromatic rings. The van der Waals surface area contributed by atoms with Crippen LogP contribution in [0.25, 0.3) is 0 Å². The number of hydrogen-bond acceptors (Lipinski definition) is 12. The van der Waals surface area contributed by atoms with Crippen LogP contribution in [0.4, 0.5) is 11.4 Å². The van der Waals surface area contributed by atoms with E-state index in [0.717, 1.165) is 43.4 Å². The van der Waals surface area contributed by atoms with Gasteiger partial charge in [-0.25, -0.2) is 9.79 Å². The Balaban J connectivity index is 1.28. The molecule has 4 bridgehead atoms. The van der Waals surface area contributed by atoms with Crippen molar-refractivity contribution < 1.29 is 43.1 Å². The number of carboxylic acid groups (broad SMARTS) is 1. The molecule has 4 aliphatic carbocycles. The highest BCUT2D eigenvalue weighted by Crippen LogP contribution is 2.58. The van der Waals surface area contributed by atoms with E-state index in [-0.39, 0.29) is 23.5 Å². The van der Waals surface area contributed by atoms with Crippen molar-refractivity contribution in [2.24, 2.45) is 40.1 Å². The summed E-state index contributed by atoms with van der Waals surface area (Å²) in [6, 6.07) is 11.3. The number of nitrogens with one attached hydrogen (secondary N) is 2. The van der Waals surface area contributed by atoms with Crippen LogP contribution in [0.3, 0.4) is 0 Å². The van der Waals surface area contributed by atoms with Crippen molar-refractivity contribution in [1.82, 2.24) is 5.32 Å². The number of ether oxygens (including phenoxy) is 6. The first-order valence-electron chi connectivity index (χ1n) is 19.8. The van der Waals surface area contributed by atoms with Crippen LogP contribution in [0.5, 0.6) is 11.5 Å². The topological polar surface area (TPSA) is 198 Å². The summed E-state index contributed by atoms with van der Waals surface area (Å²) < 4.78 is 33.5. The quantitative estimate of drug-likeness (QED) is 0.0564. The number of nitrogens with zero attached hydrogens (tertiary/aromatic N) is 1. The van der Waals surface area contributed by atoms with E-state index in [2.05, 4.69) is 24.5 Å². The third-order valence-corrected chi connectivity index (χ3v) is 11.2. The van der Waals surface area contributed by atoms with E-state index in [1.807, 2.05) is 18.2 Å². The predicted molar refractivity (Wildman–Crippen MR) is 215 cm³/mol. The first-order chi connectivity index (χ1) is 27.1. The number of methoxy groups -OCH3 is 2. The number of anilines is 1. The molecule has 0 unspecified atom stereocenters. The van der Waals surface area contributed by atoms with Crippen LogP contribution in [0, 0.1) is 23.7 Å². The molecular weight excluding hydrogens is 718 g/mol. The fourth-order valence-electron chi connectivity index (χ4n) is 8.74.